The summed E-state index contributed by atoms with van der Waals surface area (Å²) >= 11 is 0. The van der Waals surface area contributed by atoms with E-state index >= 15 is 0 Å². The third-order valence-corrected chi connectivity index (χ3v) is 3.19. The number of nitrogens with zero attached hydrogens (tertiary/aromatic N) is 1. The summed E-state index contributed by atoms with van der Waals surface area (Å²) in [6, 6.07) is 5.32. The number of nitrogens with one attached hydrogen (secondary N) is 1. The number of rotatable bonds is 7. The standard InChI is InChI=1S/C15H21F3N2O2/c1-11-4-5-13(8-12(11)2)19-14(22)9-20(6-3-7-21)10-15(16,17)18/h4-5,8,21H,3,6-7,9-10H2,1-2H3,(H,19,22). The van der Waals surface area contributed by atoms with Gasteiger partial charge in [0.1, 0.15) is 0 Å². The molecule has 0 bridgehead atoms. The molecule has 0 aliphatic rings. The molecule has 0 unspecified atom stereocenters. The number of hydrogen-bond acceptors (Lipinski definition) is 3. The molecular weight excluding hydrogens is 297 g/mol. The van der Waals surface area contributed by atoms with E-state index in [9.17, 15) is 18.0 Å². The van der Waals surface area contributed by atoms with Gasteiger partial charge in [0.05, 0.1) is 13.1 Å². The van der Waals surface area contributed by atoms with E-state index in [1.807, 2.05) is 19.9 Å². The average Bonchev–Trinajstić information content (AvgIpc) is 2.38. The Morgan fingerprint density at radius 2 is 1.95 bits per heavy atom. The highest BCUT2D eigenvalue weighted by molar-refractivity contribution is 5.92. The molecule has 1 aromatic rings. The van der Waals surface area contributed by atoms with Crippen LogP contribution in [0.5, 0.6) is 0 Å². The lowest BCUT2D eigenvalue weighted by Gasteiger charge is -2.22. The highest BCUT2D eigenvalue weighted by atomic mass is 19.4. The number of alkyl halides is 3. The molecule has 124 valence electrons. The second-order valence-electron chi connectivity index (χ2n) is 5.25. The lowest BCUT2D eigenvalue weighted by atomic mass is 10.1. The van der Waals surface area contributed by atoms with Gasteiger partial charge < -0.3 is 10.4 Å². The van der Waals surface area contributed by atoms with Crippen LogP contribution in [-0.2, 0) is 4.79 Å². The van der Waals surface area contributed by atoms with E-state index in [-0.39, 0.29) is 26.1 Å². The van der Waals surface area contributed by atoms with Crippen LogP contribution in [0.3, 0.4) is 0 Å². The Kier molecular flexibility index (Phi) is 6.83. The number of amides is 1. The molecule has 7 heteroatoms. The molecule has 1 amide bonds. The number of aliphatic hydroxyl groups excluding tert-OH is 1. The summed E-state index contributed by atoms with van der Waals surface area (Å²) in [5.41, 5.74) is 2.62. The fraction of sp³-hybridized carbons (Fsp3) is 0.533. The first-order valence-electron chi connectivity index (χ1n) is 6.98. The molecule has 1 aromatic carbocycles. The van der Waals surface area contributed by atoms with E-state index in [1.54, 1.807) is 12.1 Å². The Labute approximate surface area is 127 Å². The molecule has 1 rings (SSSR count). The van der Waals surface area contributed by atoms with Crippen molar-refractivity contribution >= 4 is 11.6 Å². The van der Waals surface area contributed by atoms with Gasteiger partial charge in [-0.3, -0.25) is 9.69 Å². The van der Waals surface area contributed by atoms with Crippen LogP contribution in [0.2, 0.25) is 0 Å². The lowest BCUT2D eigenvalue weighted by molar-refractivity contribution is -0.148. The first-order valence-corrected chi connectivity index (χ1v) is 6.98. The molecule has 0 spiro atoms. The van der Waals surface area contributed by atoms with Crippen molar-refractivity contribution in [2.75, 3.05) is 31.6 Å². The predicted molar refractivity (Wildman–Crippen MR) is 78.7 cm³/mol. The summed E-state index contributed by atoms with van der Waals surface area (Å²) < 4.78 is 37.4. The monoisotopic (exact) mass is 318 g/mol. The molecule has 22 heavy (non-hydrogen) atoms. The molecule has 4 nitrogen and oxygen atoms in total. The molecule has 0 aliphatic carbocycles. The Morgan fingerprint density at radius 1 is 1.27 bits per heavy atom. The van der Waals surface area contributed by atoms with E-state index in [0.29, 0.717) is 5.69 Å². The van der Waals surface area contributed by atoms with Gasteiger partial charge in [0, 0.05) is 18.8 Å². The van der Waals surface area contributed by atoms with Gasteiger partial charge in [-0.05, 0) is 43.5 Å². The molecule has 0 atom stereocenters. The van der Waals surface area contributed by atoms with Crippen molar-refractivity contribution in [3.05, 3.63) is 29.3 Å². The van der Waals surface area contributed by atoms with Gasteiger partial charge >= 0.3 is 6.18 Å². The number of carbonyl (C=O) groups excluding carboxylic acids is 1. The van der Waals surface area contributed by atoms with Gasteiger partial charge in [-0.25, -0.2) is 0 Å². The van der Waals surface area contributed by atoms with E-state index < -0.39 is 18.6 Å². The first-order chi connectivity index (χ1) is 10.2. The Bertz CT molecular complexity index is 504. The van der Waals surface area contributed by atoms with E-state index in [4.69, 9.17) is 5.11 Å². The second kappa shape index (κ2) is 8.14. The molecule has 2 N–H and O–H groups in total. The Hall–Kier alpha value is -1.60. The highest BCUT2D eigenvalue weighted by Crippen LogP contribution is 2.17. The fourth-order valence-corrected chi connectivity index (χ4v) is 1.98. The van der Waals surface area contributed by atoms with Crippen LogP contribution in [0.1, 0.15) is 17.5 Å². The van der Waals surface area contributed by atoms with Gasteiger partial charge in [-0.2, -0.15) is 13.2 Å². The third-order valence-electron chi connectivity index (χ3n) is 3.19. The molecular formula is C15H21F3N2O2. The predicted octanol–water partition coefficient (Wildman–Crippen LogP) is 2.49. The molecule has 0 heterocycles. The first kappa shape index (κ1) is 18.4. The minimum absolute atomic E-state index is 0.0103. The van der Waals surface area contributed by atoms with Crippen molar-refractivity contribution in [1.82, 2.24) is 4.90 Å². The zero-order chi connectivity index (χ0) is 16.8. The number of benzene rings is 1. The number of aliphatic hydroxyl groups is 1. The van der Waals surface area contributed by atoms with Crippen molar-refractivity contribution in [3.8, 4) is 0 Å². The quantitative estimate of drug-likeness (QED) is 0.812. The summed E-state index contributed by atoms with van der Waals surface area (Å²) in [7, 11) is 0. The van der Waals surface area contributed by atoms with E-state index in [1.165, 1.54) is 0 Å². The van der Waals surface area contributed by atoms with Crippen molar-refractivity contribution in [2.24, 2.45) is 0 Å². The molecule has 0 aromatic heterocycles. The topological polar surface area (TPSA) is 52.6 Å². The summed E-state index contributed by atoms with van der Waals surface area (Å²) in [5, 5.41) is 11.3. The zero-order valence-electron chi connectivity index (χ0n) is 12.7. The Balaban J connectivity index is 2.63. The van der Waals surface area contributed by atoms with Gasteiger partial charge in [-0.15, -0.1) is 0 Å². The van der Waals surface area contributed by atoms with Crippen LogP contribution in [-0.4, -0.2) is 48.3 Å². The van der Waals surface area contributed by atoms with Crippen LogP contribution in [0.4, 0.5) is 18.9 Å². The number of aryl methyl sites for hydroxylation is 2. The minimum atomic E-state index is -4.38. The molecule has 0 saturated carbocycles. The van der Waals surface area contributed by atoms with Gasteiger partial charge in [0.25, 0.3) is 0 Å². The van der Waals surface area contributed by atoms with E-state index in [2.05, 4.69) is 5.32 Å². The second-order valence-corrected chi connectivity index (χ2v) is 5.25. The van der Waals surface area contributed by atoms with Gasteiger partial charge in [0.15, 0.2) is 0 Å². The van der Waals surface area contributed by atoms with Crippen LogP contribution >= 0.6 is 0 Å². The Morgan fingerprint density at radius 3 is 2.50 bits per heavy atom. The summed E-state index contributed by atoms with van der Waals surface area (Å²) in [4.78, 5) is 12.9. The number of anilines is 1. The highest BCUT2D eigenvalue weighted by Gasteiger charge is 2.31. The molecule has 0 aliphatic heterocycles. The van der Waals surface area contributed by atoms with Crippen molar-refractivity contribution < 1.29 is 23.1 Å². The van der Waals surface area contributed by atoms with Crippen LogP contribution in [0, 0.1) is 13.8 Å². The SMILES string of the molecule is Cc1ccc(NC(=O)CN(CCCO)CC(F)(F)F)cc1C. The van der Waals surface area contributed by atoms with Crippen molar-refractivity contribution in [2.45, 2.75) is 26.4 Å². The minimum Gasteiger partial charge on any atom is -0.396 e. The van der Waals surface area contributed by atoms with Crippen molar-refractivity contribution in [3.63, 3.8) is 0 Å². The lowest BCUT2D eigenvalue weighted by Crippen LogP contribution is -2.40. The zero-order valence-corrected chi connectivity index (χ0v) is 12.7. The van der Waals surface area contributed by atoms with E-state index in [0.717, 1.165) is 16.0 Å². The number of carbonyl (C=O) groups is 1. The van der Waals surface area contributed by atoms with Crippen LogP contribution in [0.15, 0.2) is 18.2 Å². The van der Waals surface area contributed by atoms with Gasteiger partial charge in [-0.1, -0.05) is 6.07 Å². The third kappa shape index (κ3) is 6.91. The fourth-order valence-electron chi connectivity index (χ4n) is 1.98. The summed E-state index contributed by atoms with van der Waals surface area (Å²) in [6.45, 7) is 2.08. The molecule has 0 radical (unpaired) electrons. The molecule has 0 saturated heterocycles. The normalized spacial score (nSPS) is 11.8. The largest absolute Gasteiger partial charge is 0.401 e. The van der Waals surface area contributed by atoms with Gasteiger partial charge in [0.2, 0.25) is 5.91 Å². The summed E-state index contributed by atoms with van der Waals surface area (Å²) in [5.74, 6) is -0.509. The maximum absolute atomic E-state index is 12.5. The average molecular weight is 318 g/mol. The van der Waals surface area contributed by atoms with Crippen LogP contribution in [0.25, 0.3) is 0 Å². The van der Waals surface area contributed by atoms with Crippen LogP contribution < -0.4 is 5.32 Å². The summed E-state index contributed by atoms with van der Waals surface area (Å²) in [6.07, 6.45) is -4.19. The smallest absolute Gasteiger partial charge is 0.396 e. The molecule has 0 fully saturated rings. The maximum Gasteiger partial charge on any atom is 0.401 e. The maximum atomic E-state index is 12.5. The number of halogens is 3. The van der Waals surface area contributed by atoms with Crippen molar-refractivity contribution in [1.29, 1.82) is 0 Å². The number of hydrogen-bond donors (Lipinski definition) is 2.